The highest BCUT2D eigenvalue weighted by atomic mass is 19.3. The van der Waals surface area contributed by atoms with Gasteiger partial charge in [0, 0.05) is 6.04 Å². The molecule has 0 heterocycles. The van der Waals surface area contributed by atoms with Crippen molar-refractivity contribution in [3.8, 4) is 5.75 Å². The van der Waals surface area contributed by atoms with Crippen LogP contribution in [0.2, 0.25) is 0 Å². The first-order valence-electron chi connectivity index (χ1n) is 5.71. The van der Waals surface area contributed by atoms with E-state index in [1.165, 1.54) is 0 Å². The largest absolute Gasteiger partial charge is 0.435 e. The second-order valence-electron chi connectivity index (χ2n) is 4.38. The summed E-state index contributed by atoms with van der Waals surface area (Å²) in [5, 5.41) is 0. The van der Waals surface area contributed by atoms with Crippen LogP contribution in [0.25, 0.3) is 0 Å². The summed E-state index contributed by atoms with van der Waals surface area (Å²) >= 11 is 0. The van der Waals surface area contributed by atoms with Crippen LogP contribution in [0, 0.1) is 13.8 Å². The molecule has 2 nitrogen and oxygen atoms in total. The van der Waals surface area contributed by atoms with E-state index in [1.54, 1.807) is 19.1 Å². The van der Waals surface area contributed by atoms with Gasteiger partial charge in [-0.05, 0) is 56.4 Å². The molecule has 17 heavy (non-hydrogen) atoms. The average Bonchev–Trinajstić information content (AvgIpc) is 2.21. The molecule has 0 saturated carbocycles. The molecule has 96 valence electrons. The molecule has 0 aromatic heterocycles. The second kappa shape index (κ2) is 5.96. The fourth-order valence-electron chi connectivity index (χ4n) is 1.85. The van der Waals surface area contributed by atoms with Crippen LogP contribution in [0.5, 0.6) is 5.75 Å². The van der Waals surface area contributed by atoms with Gasteiger partial charge in [0.25, 0.3) is 0 Å². The Kier molecular flexibility index (Phi) is 4.87. The highest BCUT2D eigenvalue weighted by Gasteiger charge is 2.12. The summed E-state index contributed by atoms with van der Waals surface area (Å²) in [4.78, 5) is 0. The molecular weight excluding hydrogens is 224 g/mol. The highest BCUT2D eigenvalue weighted by Crippen LogP contribution is 2.27. The van der Waals surface area contributed by atoms with Crippen molar-refractivity contribution < 1.29 is 13.5 Å². The van der Waals surface area contributed by atoms with E-state index in [9.17, 15) is 8.78 Å². The van der Waals surface area contributed by atoms with Crippen LogP contribution in [0.4, 0.5) is 8.78 Å². The van der Waals surface area contributed by atoms with Gasteiger partial charge in [-0.25, -0.2) is 0 Å². The van der Waals surface area contributed by atoms with Crippen molar-refractivity contribution in [1.82, 2.24) is 0 Å². The second-order valence-corrected chi connectivity index (χ2v) is 4.38. The highest BCUT2D eigenvalue weighted by molar-refractivity contribution is 5.44. The number of ether oxygens (including phenoxy) is 1. The summed E-state index contributed by atoms with van der Waals surface area (Å²) in [6.07, 6.45) is 1.62. The molecule has 4 heteroatoms. The van der Waals surface area contributed by atoms with E-state index in [-0.39, 0.29) is 11.8 Å². The van der Waals surface area contributed by atoms with Gasteiger partial charge in [0.05, 0.1) is 0 Å². The molecule has 0 saturated heterocycles. The Bertz CT molecular complexity index is 378. The molecule has 0 fully saturated rings. The van der Waals surface area contributed by atoms with Gasteiger partial charge < -0.3 is 10.5 Å². The normalized spacial score (nSPS) is 12.9. The minimum atomic E-state index is -2.78. The van der Waals surface area contributed by atoms with Gasteiger partial charge in [0.1, 0.15) is 5.75 Å². The molecule has 1 rings (SSSR count). The summed E-state index contributed by atoms with van der Waals surface area (Å²) in [6.45, 7) is 2.93. The van der Waals surface area contributed by atoms with Crippen LogP contribution in [0.15, 0.2) is 12.1 Å². The van der Waals surface area contributed by atoms with Crippen LogP contribution in [0.3, 0.4) is 0 Å². The molecule has 2 N–H and O–H groups in total. The van der Waals surface area contributed by atoms with E-state index in [4.69, 9.17) is 5.73 Å². The lowest BCUT2D eigenvalue weighted by molar-refractivity contribution is -0.0503. The van der Waals surface area contributed by atoms with E-state index in [0.29, 0.717) is 0 Å². The Balaban J connectivity index is 2.94. The van der Waals surface area contributed by atoms with E-state index in [1.807, 2.05) is 13.8 Å². The smallest absolute Gasteiger partial charge is 0.387 e. The molecule has 0 radical (unpaired) electrons. The van der Waals surface area contributed by atoms with Gasteiger partial charge in [-0.1, -0.05) is 6.07 Å². The van der Waals surface area contributed by atoms with Crippen molar-refractivity contribution in [3.05, 3.63) is 28.8 Å². The summed E-state index contributed by atoms with van der Waals surface area (Å²) < 4.78 is 28.9. The van der Waals surface area contributed by atoms with Gasteiger partial charge in [0.2, 0.25) is 0 Å². The third-order valence-electron chi connectivity index (χ3n) is 2.85. The van der Waals surface area contributed by atoms with Crippen LogP contribution in [-0.2, 0) is 6.42 Å². The lowest BCUT2D eigenvalue weighted by Crippen LogP contribution is -2.16. The Labute approximate surface area is 101 Å². The first-order chi connectivity index (χ1) is 7.91. The average molecular weight is 243 g/mol. The standard InChI is InChI=1S/C13H19F2NO/c1-8-4-7-12(17-13(14)15)10(3)11(8)6-5-9(2)16/h4,7,9,13H,5-6,16H2,1-3H3. The number of halogens is 2. The van der Waals surface area contributed by atoms with E-state index in [0.717, 1.165) is 29.5 Å². The van der Waals surface area contributed by atoms with Crippen molar-refractivity contribution in [2.75, 3.05) is 0 Å². The van der Waals surface area contributed by atoms with Crippen LogP contribution < -0.4 is 10.5 Å². The van der Waals surface area contributed by atoms with E-state index >= 15 is 0 Å². The first kappa shape index (κ1) is 13.9. The maximum absolute atomic E-state index is 12.2. The Morgan fingerprint density at radius 1 is 1.29 bits per heavy atom. The van der Waals surface area contributed by atoms with Crippen molar-refractivity contribution >= 4 is 0 Å². The van der Waals surface area contributed by atoms with Crippen molar-refractivity contribution in [1.29, 1.82) is 0 Å². The Morgan fingerprint density at radius 3 is 2.47 bits per heavy atom. The van der Waals surface area contributed by atoms with Gasteiger partial charge in [-0.2, -0.15) is 8.78 Å². The molecule has 1 unspecified atom stereocenters. The SMILES string of the molecule is Cc1ccc(OC(F)F)c(C)c1CCC(C)N. The molecule has 1 atom stereocenters. The quantitative estimate of drug-likeness (QED) is 0.862. The number of nitrogens with two attached hydrogens (primary N) is 1. The molecule has 0 spiro atoms. The molecule has 0 aliphatic rings. The molecule has 0 bridgehead atoms. The van der Waals surface area contributed by atoms with Gasteiger partial charge >= 0.3 is 6.61 Å². The Hall–Kier alpha value is -1.16. The number of aryl methyl sites for hydroxylation is 1. The lowest BCUT2D eigenvalue weighted by Gasteiger charge is -2.15. The third kappa shape index (κ3) is 3.97. The van der Waals surface area contributed by atoms with Crippen molar-refractivity contribution in [2.45, 2.75) is 46.3 Å². The summed E-state index contributed by atoms with van der Waals surface area (Å²) in [5.74, 6) is 0.255. The summed E-state index contributed by atoms with van der Waals surface area (Å²) in [7, 11) is 0. The van der Waals surface area contributed by atoms with Gasteiger partial charge in [-0.3, -0.25) is 0 Å². The minimum absolute atomic E-state index is 0.105. The Morgan fingerprint density at radius 2 is 1.94 bits per heavy atom. The summed E-state index contributed by atoms with van der Waals surface area (Å²) in [5.41, 5.74) is 8.63. The fourth-order valence-corrected chi connectivity index (χ4v) is 1.85. The summed E-state index contributed by atoms with van der Waals surface area (Å²) in [6, 6.07) is 3.50. The number of hydrogen-bond acceptors (Lipinski definition) is 2. The maximum atomic E-state index is 12.2. The predicted octanol–water partition coefficient (Wildman–Crippen LogP) is 3.18. The number of benzene rings is 1. The van der Waals surface area contributed by atoms with Gasteiger partial charge in [0.15, 0.2) is 0 Å². The molecule has 0 amide bonds. The number of alkyl halides is 2. The molecule has 1 aromatic rings. The van der Waals surface area contributed by atoms with Crippen LogP contribution >= 0.6 is 0 Å². The van der Waals surface area contributed by atoms with E-state index < -0.39 is 6.61 Å². The fraction of sp³-hybridized carbons (Fsp3) is 0.538. The van der Waals surface area contributed by atoms with Crippen molar-refractivity contribution in [2.24, 2.45) is 5.73 Å². The van der Waals surface area contributed by atoms with Crippen LogP contribution in [-0.4, -0.2) is 12.7 Å². The third-order valence-corrected chi connectivity index (χ3v) is 2.85. The number of hydrogen-bond donors (Lipinski definition) is 1. The maximum Gasteiger partial charge on any atom is 0.387 e. The first-order valence-corrected chi connectivity index (χ1v) is 5.71. The zero-order chi connectivity index (χ0) is 13.0. The molecule has 1 aromatic carbocycles. The number of rotatable bonds is 5. The van der Waals surface area contributed by atoms with E-state index in [2.05, 4.69) is 4.74 Å². The monoisotopic (exact) mass is 243 g/mol. The zero-order valence-electron chi connectivity index (χ0n) is 10.5. The molecular formula is C13H19F2NO. The van der Waals surface area contributed by atoms with Crippen molar-refractivity contribution in [3.63, 3.8) is 0 Å². The topological polar surface area (TPSA) is 35.2 Å². The lowest BCUT2D eigenvalue weighted by atomic mass is 9.96. The van der Waals surface area contributed by atoms with Gasteiger partial charge in [-0.15, -0.1) is 0 Å². The minimum Gasteiger partial charge on any atom is -0.435 e. The molecule has 0 aliphatic carbocycles. The molecule has 0 aliphatic heterocycles. The zero-order valence-corrected chi connectivity index (χ0v) is 10.5. The predicted molar refractivity (Wildman–Crippen MR) is 64.5 cm³/mol. The van der Waals surface area contributed by atoms with Crippen LogP contribution in [0.1, 0.15) is 30.0 Å².